The first kappa shape index (κ1) is 21.3. The Bertz CT molecular complexity index is 1010. The van der Waals surface area contributed by atoms with Gasteiger partial charge in [0, 0.05) is 29.9 Å². The largest absolute Gasteiger partial charge is 0.497 e. The highest BCUT2D eigenvalue weighted by Gasteiger charge is 2.45. The van der Waals surface area contributed by atoms with Gasteiger partial charge in [0.1, 0.15) is 22.8 Å². The minimum absolute atomic E-state index is 0.0946. The van der Waals surface area contributed by atoms with E-state index in [-0.39, 0.29) is 11.8 Å². The van der Waals surface area contributed by atoms with E-state index in [9.17, 15) is 5.11 Å². The van der Waals surface area contributed by atoms with Crippen LogP contribution in [0.1, 0.15) is 55.7 Å². The molecule has 3 aromatic carbocycles. The van der Waals surface area contributed by atoms with Gasteiger partial charge in [-0.05, 0) is 43.2 Å². The van der Waals surface area contributed by atoms with E-state index in [0.717, 1.165) is 17.1 Å². The molecule has 3 atom stereocenters. The van der Waals surface area contributed by atoms with Crippen molar-refractivity contribution < 1.29 is 19.3 Å². The predicted octanol–water partition coefficient (Wildman–Crippen LogP) is 5.89. The van der Waals surface area contributed by atoms with Gasteiger partial charge in [0.05, 0.1) is 7.11 Å². The van der Waals surface area contributed by atoms with Crippen LogP contribution < -0.4 is 14.2 Å². The molecular formula is C27H30O4. The molecule has 0 saturated carbocycles. The van der Waals surface area contributed by atoms with Gasteiger partial charge in [0.15, 0.2) is 6.29 Å². The fourth-order valence-electron chi connectivity index (χ4n) is 4.54. The molecule has 4 rings (SSSR count). The molecule has 0 saturated heterocycles. The monoisotopic (exact) mass is 418 g/mol. The first-order chi connectivity index (χ1) is 14.9. The molecule has 1 heterocycles. The van der Waals surface area contributed by atoms with E-state index >= 15 is 0 Å². The molecule has 3 aromatic rings. The molecule has 1 aliphatic heterocycles. The Morgan fingerprint density at radius 2 is 1.61 bits per heavy atom. The molecule has 1 N–H and O–H groups in total. The third-order valence-corrected chi connectivity index (χ3v) is 6.03. The maximum atomic E-state index is 9.82. The van der Waals surface area contributed by atoms with Crippen molar-refractivity contribution in [3.8, 4) is 17.2 Å². The molecule has 0 bridgehead atoms. The zero-order chi connectivity index (χ0) is 22.0. The molecule has 0 aliphatic carbocycles. The molecule has 4 nitrogen and oxygen atoms in total. The lowest BCUT2D eigenvalue weighted by molar-refractivity contribution is -0.0191. The number of aliphatic hydroxyl groups is 1. The molecule has 0 aromatic heterocycles. The van der Waals surface area contributed by atoms with Gasteiger partial charge in [-0.15, -0.1) is 0 Å². The number of aliphatic hydroxyl groups excluding tert-OH is 1. The molecule has 1 aliphatic rings. The number of hydrogen-bond acceptors (Lipinski definition) is 4. The lowest BCUT2D eigenvalue weighted by Gasteiger charge is -2.45. The van der Waals surface area contributed by atoms with Gasteiger partial charge in [-0.2, -0.15) is 0 Å². The van der Waals surface area contributed by atoms with Gasteiger partial charge < -0.3 is 19.3 Å². The number of hydrogen-bond donors (Lipinski definition) is 1. The second-order valence-electron chi connectivity index (χ2n) is 8.53. The summed E-state index contributed by atoms with van der Waals surface area (Å²) < 4.78 is 17.5. The fourth-order valence-corrected chi connectivity index (χ4v) is 4.54. The van der Waals surface area contributed by atoms with Gasteiger partial charge in [0.25, 0.3) is 0 Å². The Balaban J connectivity index is 1.82. The van der Waals surface area contributed by atoms with Crippen molar-refractivity contribution in [1.82, 2.24) is 0 Å². The summed E-state index contributed by atoms with van der Waals surface area (Å²) in [5.41, 5.74) is 3.12. The van der Waals surface area contributed by atoms with E-state index in [1.807, 2.05) is 37.3 Å². The summed E-state index contributed by atoms with van der Waals surface area (Å²) in [6.07, 6.45) is -0.251. The van der Waals surface area contributed by atoms with Crippen LogP contribution in [0.2, 0.25) is 0 Å². The summed E-state index contributed by atoms with van der Waals surface area (Å²) in [6, 6.07) is 24.7. The Morgan fingerprint density at radius 1 is 0.935 bits per heavy atom. The van der Waals surface area contributed by atoms with Crippen LogP contribution in [0.15, 0.2) is 72.8 Å². The Hall–Kier alpha value is -2.98. The number of fused-ring (bicyclic) bond motifs is 1. The number of benzene rings is 3. The second kappa shape index (κ2) is 8.64. The van der Waals surface area contributed by atoms with E-state index in [1.165, 1.54) is 11.1 Å². The van der Waals surface area contributed by atoms with Gasteiger partial charge in [-0.1, -0.05) is 55.5 Å². The zero-order valence-corrected chi connectivity index (χ0v) is 18.5. The van der Waals surface area contributed by atoms with Gasteiger partial charge >= 0.3 is 0 Å². The van der Waals surface area contributed by atoms with E-state index in [0.29, 0.717) is 12.2 Å². The molecule has 0 fully saturated rings. The van der Waals surface area contributed by atoms with Crippen LogP contribution in [0.4, 0.5) is 0 Å². The Morgan fingerprint density at radius 3 is 2.26 bits per heavy atom. The van der Waals surface area contributed by atoms with E-state index < -0.39 is 11.9 Å². The van der Waals surface area contributed by atoms with Crippen molar-refractivity contribution in [3.05, 3.63) is 89.5 Å². The highest BCUT2D eigenvalue weighted by atomic mass is 16.6. The van der Waals surface area contributed by atoms with Gasteiger partial charge in [-0.3, -0.25) is 0 Å². The molecule has 1 unspecified atom stereocenters. The third-order valence-electron chi connectivity index (χ3n) is 6.03. The van der Waals surface area contributed by atoms with Crippen LogP contribution in [0, 0.1) is 0 Å². The van der Waals surface area contributed by atoms with Crippen molar-refractivity contribution in [3.63, 3.8) is 0 Å². The van der Waals surface area contributed by atoms with Crippen LogP contribution in [0.5, 0.6) is 17.2 Å². The molecule has 162 valence electrons. The highest BCUT2D eigenvalue weighted by molar-refractivity contribution is 5.52. The van der Waals surface area contributed by atoms with E-state index in [2.05, 4.69) is 56.3 Å². The average molecular weight is 419 g/mol. The molecule has 0 spiro atoms. The minimum Gasteiger partial charge on any atom is -0.497 e. The summed E-state index contributed by atoms with van der Waals surface area (Å²) in [6.45, 7) is 6.18. The van der Waals surface area contributed by atoms with Crippen LogP contribution in [0.3, 0.4) is 0 Å². The smallest absolute Gasteiger partial charge is 0.197 e. The van der Waals surface area contributed by atoms with Crippen molar-refractivity contribution >= 4 is 0 Å². The number of methoxy groups -OCH3 is 1. The molecule has 4 heteroatoms. The van der Waals surface area contributed by atoms with Crippen LogP contribution in [-0.4, -0.2) is 24.1 Å². The van der Waals surface area contributed by atoms with E-state index in [1.54, 1.807) is 7.11 Å². The van der Waals surface area contributed by atoms with Crippen LogP contribution >= 0.6 is 0 Å². The Kier molecular flexibility index (Phi) is 5.92. The van der Waals surface area contributed by atoms with Crippen molar-refractivity contribution in [2.24, 2.45) is 0 Å². The maximum Gasteiger partial charge on any atom is 0.197 e. The van der Waals surface area contributed by atoms with Crippen LogP contribution in [-0.2, 0) is 0 Å². The first-order valence-electron chi connectivity index (χ1n) is 10.8. The molecule has 31 heavy (non-hydrogen) atoms. The highest BCUT2D eigenvalue weighted by Crippen LogP contribution is 2.53. The number of ether oxygens (including phenoxy) is 3. The number of rotatable bonds is 6. The molecular weight excluding hydrogens is 388 g/mol. The summed E-state index contributed by atoms with van der Waals surface area (Å²) >= 11 is 0. The lowest BCUT2D eigenvalue weighted by atomic mass is 9.68. The van der Waals surface area contributed by atoms with Gasteiger partial charge in [0.2, 0.25) is 0 Å². The topological polar surface area (TPSA) is 47.9 Å². The zero-order valence-electron chi connectivity index (χ0n) is 18.5. The minimum atomic E-state index is -0.793. The van der Waals surface area contributed by atoms with Crippen molar-refractivity contribution in [2.45, 2.75) is 50.9 Å². The van der Waals surface area contributed by atoms with Crippen molar-refractivity contribution in [1.29, 1.82) is 0 Å². The predicted molar refractivity (Wildman–Crippen MR) is 122 cm³/mol. The summed E-state index contributed by atoms with van der Waals surface area (Å²) in [5.74, 6) is 2.50. The summed E-state index contributed by atoms with van der Waals surface area (Å²) in [4.78, 5) is 0. The maximum absolute atomic E-state index is 9.82. The van der Waals surface area contributed by atoms with Crippen LogP contribution in [0.25, 0.3) is 0 Å². The summed E-state index contributed by atoms with van der Waals surface area (Å²) in [7, 11) is 1.67. The van der Waals surface area contributed by atoms with E-state index in [4.69, 9.17) is 14.2 Å². The summed E-state index contributed by atoms with van der Waals surface area (Å²) in [5, 5.41) is 9.82. The standard InChI is InChI=1S/C27H30O4/c1-5-24(28)30-20-13-11-18(12-14-20)25-22-16-15-21(29-4)17-23(22)31-27(2,3)26(25)19-9-7-6-8-10-19/h6-17,24-26,28H,5H2,1-4H3/t24?,25-,26+/m1/s1. The SMILES string of the molecule is CCC(O)Oc1ccc([C@@H]2c3ccc(OC)cc3OC(C)(C)[C@H]2c2ccccc2)cc1. The average Bonchev–Trinajstić information content (AvgIpc) is 2.78. The van der Waals surface area contributed by atoms with Gasteiger partial charge in [-0.25, -0.2) is 0 Å². The van der Waals surface area contributed by atoms with Crippen molar-refractivity contribution in [2.75, 3.05) is 7.11 Å². The Labute approximate surface area is 184 Å². The normalized spacial score (nSPS) is 20.3. The fraction of sp³-hybridized carbons (Fsp3) is 0.333. The molecule has 0 radical (unpaired) electrons. The second-order valence-corrected chi connectivity index (χ2v) is 8.53. The third kappa shape index (κ3) is 4.26. The molecule has 0 amide bonds. The lowest BCUT2D eigenvalue weighted by Crippen LogP contribution is -2.43. The quantitative estimate of drug-likeness (QED) is 0.507. The first-order valence-corrected chi connectivity index (χ1v) is 10.8.